The summed E-state index contributed by atoms with van der Waals surface area (Å²) in [6, 6.07) is 5.62. The second-order valence-electron chi connectivity index (χ2n) is 4.21. The Labute approximate surface area is 109 Å². The summed E-state index contributed by atoms with van der Waals surface area (Å²) in [7, 11) is -4.53. The summed E-state index contributed by atoms with van der Waals surface area (Å²) in [6.07, 6.45) is 1.14. The first-order chi connectivity index (χ1) is 8.49. The third-order valence-corrected chi connectivity index (χ3v) is 5.81. The normalized spacial score (nSPS) is 24.9. The van der Waals surface area contributed by atoms with Crippen molar-refractivity contribution < 1.29 is 17.7 Å². The maximum atomic E-state index is 12.1. The smallest absolute Gasteiger partial charge is 0.244 e. The first kappa shape index (κ1) is 13.5. The topological polar surface area (TPSA) is 83.5 Å². The SMILES string of the molecule is O=S1CCC(NS(=O)(=O)c2ccccc2O)CC1. The molecule has 7 heteroatoms. The van der Waals surface area contributed by atoms with Crippen molar-refractivity contribution in [2.45, 2.75) is 23.8 Å². The van der Waals surface area contributed by atoms with Crippen molar-refractivity contribution in [3.8, 4) is 5.75 Å². The number of sulfonamides is 1. The Kier molecular flexibility index (Phi) is 4.04. The first-order valence-corrected chi connectivity index (χ1v) is 8.61. The predicted molar refractivity (Wildman–Crippen MR) is 69.3 cm³/mol. The lowest BCUT2D eigenvalue weighted by molar-refractivity contribution is 0.455. The number of hydrogen-bond acceptors (Lipinski definition) is 4. The van der Waals surface area contributed by atoms with Crippen molar-refractivity contribution in [1.29, 1.82) is 0 Å². The number of rotatable bonds is 3. The molecule has 1 fully saturated rings. The monoisotopic (exact) mass is 289 g/mol. The molecule has 1 heterocycles. The van der Waals surface area contributed by atoms with E-state index in [1.165, 1.54) is 12.1 Å². The van der Waals surface area contributed by atoms with E-state index in [-0.39, 0.29) is 16.7 Å². The van der Waals surface area contributed by atoms with Crippen LogP contribution in [0.3, 0.4) is 0 Å². The summed E-state index contributed by atoms with van der Waals surface area (Å²) in [5.74, 6) is 0.784. The molecule has 1 aliphatic rings. The summed E-state index contributed by atoms with van der Waals surface area (Å²) >= 11 is 0. The van der Waals surface area contributed by atoms with Crippen LogP contribution in [0, 0.1) is 0 Å². The van der Waals surface area contributed by atoms with Crippen LogP contribution < -0.4 is 4.72 Å². The molecule has 100 valence electrons. The van der Waals surface area contributed by atoms with E-state index in [2.05, 4.69) is 4.72 Å². The molecule has 2 N–H and O–H groups in total. The van der Waals surface area contributed by atoms with Crippen molar-refractivity contribution >= 4 is 20.8 Å². The standard InChI is InChI=1S/C11H15NO4S2/c13-10-3-1-2-4-11(10)18(15,16)12-9-5-7-17(14)8-6-9/h1-4,9,12-13H,5-8H2. The molecular formula is C11H15NO4S2. The summed E-state index contributed by atoms with van der Waals surface area (Å²) in [4.78, 5) is -0.114. The molecule has 2 rings (SSSR count). The van der Waals surface area contributed by atoms with Gasteiger partial charge in [-0.2, -0.15) is 0 Å². The van der Waals surface area contributed by atoms with Crippen molar-refractivity contribution in [1.82, 2.24) is 4.72 Å². The van der Waals surface area contributed by atoms with Gasteiger partial charge < -0.3 is 5.11 Å². The molecule has 1 aliphatic heterocycles. The Morgan fingerprint density at radius 1 is 1.22 bits per heavy atom. The van der Waals surface area contributed by atoms with Crippen LogP contribution in [-0.2, 0) is 20.8 Å². The Morgan fingerprint density at radius 3 is 2.44 bits per heavy atom. The largest absolute Gasteiger partial charge is 0.507 e. The molecule has 0 radical (unpaired) electrons. The molecule has 0 saturated carbocycles. The van der Waals surface area contributed by atoms with Gasteiger partial charge in [0.1, 0.15) is 10.6 Å². The zero-order valence-electron chi connectivity index (χ0n) is 9.70. The summed E-state index contributed by atoms with van der Waals surface area (Å²) in [5.41, 5.74) is 0. The minimum absolute atomic E-state index is 0.114. The van der Waals surface area contributed by atoms with E-state index in [0.29, 0.717) is 24.3 Å². The summed E-state index contributed by atoms with van der Waals surface area (Å²) in [6.45, 7) is 0. The van der Waals surface area contributed by atoms with Gasteiger partial charge in [-0.1, -0.05) is 12.1 Å². The van der Waals surface area contributed by atoms with Gasteiger partial charge >= 0.3 is 0 Å². The molecule has 5 nitrogen and oxygen atoms in total. The molecule has 1 aromatic rings. The minimum atomic E-state index is -3.71. The number of nitrogens with one attached hydrogen (secondary N) is 1. The number of benzene rings is 1. The van der Waals surface area contributed by atoms with Gasteiger partial charge in [0.05, 0.1) is 0 Å². The van der Waals surface area contributed by atoms with Crippen molar-refractivity contribution in [3.63, 3.8) is 0 Å². The van der Waals surface area contributed by atoms with Gasteiger partial charge in [-0.15, -0.1) is 0 Å². The number of para-hydroxylation sites is 1. The van der Waals surface area contributed by atoms with Gasteiger partial charge in [0.2, 0.25) is 10.0 Å². The Morgan fingerprint density at radius 2 is 1.83 bits per heavy atom. The third kappa shape index (κ3) is 3.09. The zero-order chi connectivity index (χ0) is 13.2. The minimum Gasteiger partial charge on any atom is -0.507 e. The van der Waals surface area contributed by atoms with E-state index >= 15 is 0 Å². The van der Waals surface area contributed by atoms with Gasteiger partial charge in [-0.3, -0.25) is 4.21 Å². The molecule has 0 aliphatic carbocycles. The molecular weight excluding hydrogens is 274 g/mol. The second-order valence-corrected chi connectivity index (χ2v) is 7.59. The lowest BCUT2D eigenvalue weighted by atomic mass is 10.2. The second kappa shape index (κ2) is 5.38. The zero-order valence-corrected chi connectivity index (χ0v) is 11.3. The molecule has 18 heavy (non-hydrogen) atoms. The Hall–Kier alpha value is -0.920. The van der Waals surface area contributed by atoms with Crippen LogP contribution >= 0.6 is 0 Å². The molecule has 0 amide bonds. The van der Waals surface area contributed by atoms with Crippen LogP contribution in [0.15, 0.2) is 29.2 Å². The van der Waals surface area contributed by atoms with Crippen LogP contribution in [-0.4, -0.2) is 35.3 Å². The van der Waals surface area contributed by atoms with Crippen molar-refractivity contribution in [2.24, 2.45) is 0 Å². The molecule has 1 aromatic carbocycles. The highest BCUT2D eigenvalue weighted by atomic mass is 32.2. The molecule has 0 aromatic heterocycles. The van der Waals surface area contributed by atoms with Gasteiger partial charge in [0.15, 0.2) is 0 Å². The Bertz CT molecular complexity index is 546. The summed E-state index contributed by atoms with van der Waals surface area (Å²) < 4.78 is 37.9. The maximum Gasteiger partial charge on any atom is 0.244 e. The molecule has 0 atom stereocenters. The van der Waals surface area contributed by atoms with Gasteiger partial charge in [-0.05, 0) is 25.0 Å². The highest BCUT2D eigenvalue weighted by molar-refractivity contribution is 7.89. The van der Waals surface area contributed by atoms with Crippen LogP contribution in [0.1, 0.15) is 12.8 Å². The van der Waals surface area contributed by atoms with Gasteiger partial charge in [0.25, 0.3) is 0 Å². The molecule has 0 bridgehead atoms. The predicted octanol–water partition coefficient (Wildman–Crippen LogP) is 0.582. The number of phenols is 1. The number of aromatic hydroxyl groups is 1. The van der Waals surface area contributed by atoms with Gasteiger partial charge in [-0.25, -0.2) is 13.1 Å². The Balaban J connectivity index is 2.13. The van der Waals surface area contributed by atoms with E-state index in [0.717, 1.165) is 0 Å². The molecule has 1 saturated heterocycles. The third-order valence-electron chi connectivity index (χ3n) is 2.86. The average molecular weight is 289 g/mol. The summed E-state index contributed by atoms with van der Waals surface area (Å²) in [5, 5.41) is 9.55. The number of hydrogen-bond donors (Lipinski definition) is 2. The average Bonchev–Trinajstić information content (AvgIpc) is 2.32. The highest BCUT2D eigenvalue weighted by Gasteiger charge is 2.25. The number of phenolic OH excluding ortho intramolecular Hbond substituents is 1. The van der Waals surface area contributed by atoms with Crippen LogP contribution in [0.25, 0.3) is 0 Å². The lowest BCUT2D eigenvalue weighted by Crippen LogP contribution is -2.39. The van der Waals surface area contributed by atoms with Crippen molar-refractivity contribution in [2.75, 3.05) is 11.5 Å². The fraction of sp³-hybridized carbons (Fsp3) is 0.455. The van der Waals surface area contributed by atoms with E-state index < -0.39 is 20.8 Å². The highest BCUT2D eigenvalue weighted by Crippen LogP contribution is 2.22. The fourth-order valence-corrected chi connectivity index (χ4v) is 4.58. The molecule has 0 spiro atoms. The maximum absolute atomic E-state index is 12.1. The van der Waals surface area contributed by atoms with Crippen molar-refractivity contribution in [3.05, 3.63) is 24.3 Å². The lowest BCUT2D eigenvalue weighted by Gasteiger charge is -2.22. The first-order valence-electron chi connectivity index (χ1n) is 5.64. The van der Waals surface area contributed by atoms with E-state index in [1.807, 2.05) is 0 Å². The molecule has 0 unspecified atom stereocenters. The van der Waals surface area contributed by atoms with Crippen LogP contribution in [0.4, 0.5) is 0 Å². The fourth-order valence-electron chi connectivity index (χ4n) is 1.88. The van der Waals surface area contributed by atoms with Crippen LogP contribution in [0.5, 0.6) is 5.75 Å². The van der Waals surface area contributed by atoms with E-state index in [1.54, 1.807) is 12.1 Å². The van der Waals surface area contributed by atoms with Crippen LogP contribution in [0.2, 0.25) is 0 Å². The van der Waals surface area contributed by atoms with E-state index in [9.17, 15) is 17.7 Å². The van der Waals surface area contributed by atoms with Gasteiger partial charge in [0, 0.05) is 28.3 Å². The van der Waals surface area contributed by atoms with E-state index in [4.69, 9.17) is 0 Å². The quantitative estimate of drug-likeness (QED) is 0.852.